The second kappa shape index (κ2) is 5.02. The number of piperazine rings is 1. The lowest BCUT2D eigenvalue weighted by molar-refractivity contribution is 0.280. The summed E-state index contributed by atoms with van der Waals surface area (Å²) in [6.45, 7) is 4.36. The molecule has 96 valence electrons. The van der Waals surface area contributed by atoms with Gasteiger partial charge in [0.15, 0.2) is 0 Å². The number of nitrogens with zero attached hydrogens (tertiary/aromatic N) is 1. The van der Waals surface area contributed by atoms with Crippen LogP contribution >= 0.6 is 0 Å². The highest BCUT2D eigenvalue weighted by atomic mass is 16.5. The zero-order valence-electron chi connectivity index (χ0n) is 10.9. The van der Waals surface area contributed by atoms with Gasteiger partial charge in [0.25, 0.3) is 0 Å². The summed E-state index contributed by atoms with van der Waals surface area (Å²) in [4.78, 5) is 2.49. The van der Waals surface area contributed by atoms with Crippen LogP contribution in [0.5, 0.6) is 0 Å². The van der Waals surface area contributed by atoms with Gasteiger partial charge in [0.05, 0.1) is 12.9 Å². The summed E-state index contributed by atoms with van der Waals surface area (Å²) in [5, 5.41) is 3.41. The number of nitrogens with one attached hydrogen (secondary N) is 1. The molecule has 1 saturated heterocycles. The number of ether oxygens (including phenoxy) is 1. The van der Waals surface area contributed by atoms with Crippen LogP contribution < -0.4 is 10.2 Å². The van der Waals surface area contributed by atoms with Gasteiger partial charge in [-0.1, -0.05) is 12.1 Å². The molecular weight excluding hydrogens is 224 g/mol. The lowest BCUT2D eigenvalue weighted by Gasteiger charge is -2.32. The minimum Gasteiger partial charge on any atom is -0.501 e. The molecule has 1 aromatic carbocycles. The first-order valence-corrected chi connectivity index (χ1v) is 6.68. The molecule has 0 spiro atoms. The lowest BCUT2D eigenvalue weighted by Crippen LogP contribution is -2.44. The molecular formula is C15H20N2O. The molecule has 0 saturated carbocycles. The molecule has 3 rings (SSSR count). The van der Waals surface area contributed by atoms with E-state index in [9.17, 15) is 0 Å². The molecule has 3 heteroatoms. The van der Waals surface area contributed by atoms with Crippen LogP contribution in [0, 0.1) is 0 Å². The fourth-order valence-electron chi connectivity index (χ4n) is 2.84. The molecule has 0 unspecified atom stereocenters. The molecule has 3 nitrogen and oxygen atoms in total. The number of hydrogen-bond acceptors (Lipinski definition) is 3. The second-order valence-electron chi connectivity index (χ2n) is 4.91. The molecule has 2 aliphatic rings. The predicted octanol–water partition coefficient (Wildman–Crippen LogP) is 1.73. The molecule has 1 fully saturated rings. The number of fused-ring (bicyclic) bond motifs is 1. The van der Waals surface area contributed by atoms with Gasteiger partial charge in [-0.3, -0.25) is 0 Å². The Balaban J connectivity index is 1.92. The molecule has 1 aliphatic carbocycles. The summed E-state index contributed by atoms with van der Waals surface area (Å²) >= 11 is 0. The monoisotopic (exact) mass is 244 g/mol. The number of benzene rings is 1. The van der Waals surface area contributed by atoms with Gasteiger partial charge in [0.1, 0.15) is 0 Å². The van der Waals surface area contributed by atoms with Crippen molar-refractivity contribution in [2.24, 2.45) is 0 Å². The zero-order chi connectivity index (χ0) is 12.4. The van der Waals surface area contributed by atoms with E-state index in [1.807, 2.05) is 0 Å². The minimum atomic E-state index is 0.936. The van der Waals surface area contributed by atoms with E-state index < -0.39 is 0 Å². The van der Waals surface area contributed by atoms with Crippen molar-refractivity contribution in [1.82, 2.24) is 5.32 Å². The van der Waals surface area contributed by atoms with E-state index in [0.717, 1.165) is 44.8 Å². The first-order chi connectivity index (χ1) is 8.88. The van der Waals surface area contributed by atoms with Gasteiger partial charge in [0.2, 0.25) is 0 Å². The average Bonchev–Trinajstić information content (AvgIpc) is 2.47. The number of allylic oxidation sites excluding steroid dienone is 2. The average molecular weight is 244 g/mol. The number of anilines is 1. The van der Waals surface area contributed by atoms with Gasteiger partial charge in [-0.05, 0) is 29.7 Å². The Kier molecular flexibility index (Phi) is 3.24. The Bertz CT molecular complexity index is 462. The summed E-state index contributed by atoms with van der Waals surface area (Å²) in [5.41, 5.74) is 4.31. The molecule has 1 N–H and O–H groups in total. The Hall–Kier alpha value is -1.48. The Labute approximate surface area is 108 Å². The second-order valence-corrected chi connectivity index (χ2v) is 4.91. The van der Waals surface area contributed by atoms with Crippen molar-refractivity contribution in [1.29, 1.82) is 0 Å². The maximum absolute atomic E-state index is 5.42. The van der Waals surface area contributed by atoms with E-state index in [4.69, 9.17) is 4.74 Å². The molecule has 0 atom stereocenters. The SMILES string of the molecule is COC1=CCc2cccc(N3CCNCC3)c2C1. The van der Waals surface area contributed by atoms with Crippen LogP contribution in [0.4, 0.5) is 5.69 Å². The smallest absolute Gasteiger partial charge is 0.0963 e. The van der Waals surface area contributed by atoms with Gasteiger partial charge < -0.3 is 15.0 Å². The van der Waals surface area contributed by atoms with E-state index in [-0.39, 0.29) is 0 Å². The predicted molar refractivity (Wildman–Crippen MR) is 74.0 cm³/mol. The summed E-state index contributed by atoms with van der Waals surface area (Å²) < 4.78 is 5.42. The van der Waals surface area contributed by atoms with E-state index in [2.05, 4.69) is 34.5 Å². The van der Waals surface area contributed by atoms with Crippen molar-refractivity contribution in [3.63, 3.8) is 0 Å². The van der Waals surface area contributed by atoms with Crippen LogP contribution in [0.3, 0.4) is 0 Å². The largest absolute Gasteiger partial charge is 0.501 e. The number of hydrogen-bond donors (Lipinski definition) is 1. The fraction of sp³-hybridized carbons (Fsp3) is 0.467. The fourth-order valence-corrected chi connectivity index (χ4v) is 2.84. The molecule has 1 aromatic rings. The Morgan fingerprint density at radius 1 is 1.22 bits per heavy atom. The molecule has 1 heterocycles. The Morgan fingerprint density at radius 3 is 2.83 bits per heavy atom. The first-order valence-electron chi connectivity index (χ1n) is 6.68. The van der Waals surface area contributed by atoms with Crippen LogP contribution in [0.1, 0.15) is 11.1 Å². The highest BCUT2D eigenvalue weighted by Gasteiger charge is 2.19. The van der Waals surface area contributed by atoms with Crippen LogP contribution in [0.25, 0.3) is 0 Å². The van der Waals surface area contributed by atoms with Gasteiger partial charge >= 0.3 is 0 Å². The van der Waals surface area contributed by atoms with E-state index in [1.54, 1.807) is 7.11 Å². The third-order valence-electron chi connectivity index (χ3n) is 3.87. The van der Waals surface area contributed by atoms with Crippen molar-refractivity contribution >= 4 is 5.69 Å². The summed E-state index contributed by atoms with van der Waals surface area (Å²) in [6.07, 6.45) is 4.13. The maximum atomic E-state index is 5.42. The van der Waals surface area contributed by atoms with Gasteiger partial charge in [-0.25, -0.2) is 0 Å². The van der Waals surface area contributed by atoms with Crippen LogP contribution in [0.15, 0.2) is 30.0 Å². The molecule has 18 heavy (non-hydrogen) atoms. The third kappa shape index (κ3) is 2.10. The number of methoxy groups -OCH3 is 1. The molecule has 0 amide bonds. The highest BCUT2D eigenvalue weighted by Crippen LogP contribution is 2.30. The Morgan fingerprint density at radius 2 is 2.06 bits per heavy atom. The summed E-state index contributed by atoms with van der Waals surface area (Å²) in [5.74, 6) is 1.10. The van der Waals surface area contributed by atoms with Crippen molar-refractivity contribution in [2.75, 3.05) is 38.2 Å². The summed E-state index contributed by atoms with van der Waals surface area (Å²) in [6, 6.07) is 6.68. The molecule has 0 bridgehead atoms. The van der Waals surface area contributed by atoms with Crippen molar-refractivity contribution in [3.05, 3.63) is 41.2 Å². The van der Waals surface area contributed by atoms with Gasteiger partial charge in [-0.2, -0.15) is 0 Å². The van der Waals surface area contributed by atoms with Crippen LogP contribution in [0.2, 0.25) is 0 Å². The van der Waals surface area contributed by atoms with Crippen LogP contribution in [-0.2, 0) is 17.6 Å². The van der Waals surface area contributed by atoms with Gasteiger partial charge in [-0.15, -0.1) is 0 Å². The normalized spacial score (nSPS) is 19.2. The highest BCUT2D eigenvalue weighted by molar-refractivity contribution is 5.59. The number of rotatable bonds is 2. The first kappa shape index (κ1) is 11.6. The molecule has 1 aliphatic heterocycles. The topological polar surface area (TPSA) is 24.5 Å². The van der Waals surface area contributed by atoms with Gasteiger partial charge in [0, 0.05) is 38.3 Å². The van der Waals surface area contributed by atoms with E-state index in [1.165, 1.54) is 16.8 Å². The quantitative estimate of drug-likeness (QED) is 0.857. The van der Waals surface area contributed by atoms with E-state index in [0.29, 0.717) is 0 Å². The maximum Gasteiger partial charge on any atom is 0.0963 e. The van der Waals surface area contributed by atoms with Crippen molar-refractivity contribution in [2.45, 2.75) is 12.8 Å². The molecule has 0 aromatic heterocycles. The lowest BCUT2D eigenvalue weighted by atomic mass is 9.93. The van der Waals surface area contributed by atoms with E-state index >= 15 is 0 Å². The standard InChI is InChI=1S/C15H20N2O/c1-18-13-6-5-12-3-2-4-15(14(12)11-13)17-9-7-16-8-10-17/h2-4,6,16H,5,7-11H2,1H3. The van der Waals surface area contributed by atoms with Crippen LogP contribution in [-0.4, -0.2) is 33.3 Å². The van der Waals surface area contributed by atoms with Crippen molar-refractivity contribution < 1.29 is 4.74 Å². The summed E-state index contributed by atoms with van der Waals surface area (Å²) in [7, 11) is 1.77. The minimum absolute atomic E-state index is 0.936. The zero-order valence-corrected chi connectivity index (χ0v) is 10.9. The van der Waals surface area contributed by atoms with Crippen molar-refractivity contribution in [3.8, 4) is 0 Å². The third-order valence-corrected chi connectivity index (χ3v) is 3.87. The molecule has 0 radical (unpaired) electrons.